The zero-order chi connectivity index (χ0) is 9.42. The van der Waals surface area contributed by atoms with Crippen LogP contribution in [0.1, 0.15) is 0 Å². The number of rotatable bonds is 0. The molecule has 0 bridgehead atoms. The lowest BCUT2D eigenvalue weighted by Gasteiger charge is -2.04. The van der Waals surface area contributed by atoms with Crippen molar-refractivity contribution in [1.29, 1.82) is 0 Å². The summed E-state index contributed by atoms with van der Waals surface area (Å²) < 4.78 is 0.688. The van der Waals surface area contributed by atoms with E-state index >= 15 is 0 Å². The second kappa shape index (κ2) is 3.06. The van der Waals surface area contributed by atoms with Crippen LogP contribution in [-0.2, 0) is 0 Å². The maximum absolute atomic E-state index is 9.45. The van der Waals surface area contributed by atoms with E-state index < -0.39 is 0 Å². The van der Waals surface area contributed by atoms with E-state index in [0.29, 0.717) is 3.57 Å². The third-order valence-electron chi connectivity index (χ3n) is 1.94. The van der Waals surface area contributed by atoms with Crippen molar-refractivity contribution in [2.75, 3.05) is 0 Å². The first-order chi connectivity index (χ1) is 6.20. The van der Waals surface area contributed by atoms with Crippen LogP contribution in [0.3, 0.4) is 0 Å². The highest BCUT2D eigenvalue weighted by molar-refractivity contribution is 14.1. The van der Waals surface area contributed by atoms with Crippen LogP contribution in [0.25, 0.3) is 10.8 Å². The quantitative estimate of drug-likeness (QED) is 0.577. The molecule has 0 aliphatic carbocycles. The third-order valence-corrected chi connectivity index (χ3v) is 3.03. The number of hydrogen-bond acceptors (Lipinski definition) is 2. The molecule has 66 valence electrons. The van der Waals surface area contributed by atoms with Gasteiger partial charge in [-0.3, -0.25) is 0 Å². The summed E-state index contributed by atoms with van der Waals surface area (Å²) >= 11 is 2.02. The van der Waals surface area contributed by atoms with Gasteiger partial charge in [-0.05, 0) is 39.4 Å². The summed E-state index contributed by atoms with van der Waals surface area (Å²) in [6, 6.07) is 9.18. The van der Waals surface area contributed by atoms with Crippen molar-refractivity contribution in [1.82, 2.24) is 0 Å². The van der Waals surface area contributed by atoms with Gasteiger partial charge in [0, 0.05) is 0 Å². The monoisotopic (exact) mass is 286 g/mol. The minimum atomic E-state index is -0.0666. The molecule has 2 aromatic rings. The molecule has 2 aromatic carbocycles. The fourth-order valence-corrected chi connectivity index (χ4v) is 2.05. The van der Waals surface area contributed by atoms with E-state index in [0.717, 1.165) is 10.8 Å². The van der Waals surface area contributed by atoms with E-state index in [1.165, 1.54) is 0 Å². The number of benzene rings is 2. The van der Waals surface area contributed by atoms with Crippen LogP contribution in [0.2, 0.25) is 0 Å². The van der Waals surface area contributed by atoms with Crippen molar-refractivity contribution >= 4 is 33.4 Å². The molecular weight excluding hydrogens is 279 g/mol. The molecular formula is C10H7IO2. The fourth-order valence-electron chi connectivity index (χ4n) is 1.28. The Morgan fingerprint density at radius 2 is 1.77 bits per heavy atom. The summed E-state index contributed by atoms with van der Waals surface area (Å²) in [6.07, 6.45) is 0. The van der Waals surface area contributed by atoms with Gasteiger partial charge in [0.2, 0.25) is 0 Å². The SMILES string of the molecule is Oc1cc2ccccc2c(I)c1O. The lowest BCUT2D eigenvalue weighted by molar-refractivity contribution is 0.402. The Hall–Kier alpha value is -0.970. The first-order valence-corrected chi connectivity index (χ1v) is 4.87. The van der Waals surface area contributed by atoms with Crippen molar-refractivity contribution in [3.05, 3.63) is 33.9 Å². The molecule has 3 heteroatoms. The van der Waals surface area contributed by atoms with Crippen molar-refractivity contribution in [3.8, 4) is 11.5 Å². The van der Waals surface area contributed by atoms with Gasteiger partial charge in [0.15, 0.2) is 11.5 Å². The average Bonchev–Trinajstić information content (AvgIpc) is 2.15. The Morgan fingerprint density at radius 1 is 1.08 bits per heavy atom. The van der Waals surface area contributed by atoms with Crippen molar-refractivity contribution in [2.24, 2.45) is 0 Å². The van der Waals surface area contributed by atoms with Crippen LogP contribution in [0.5, 0.6) is 11.5 Å². The molecule has 0 unspecified atom stereocenters. The third kappa shape index (κ3) is 1.33. The van der Waals surface area contributed by atoms with Gasteiger partial charge in [-0.15, -0.1) is 0 Å². The Morgan fingerprint density at radius 3 is 2.54 bits per heavy atom. The van der Waals surface area contributed by atoms with E-state index in [1.807, 2.05) is 46.9 Å². The number of hydrogen-bond donors (Lipinski definition) is 2. The normalized spacial score (nSPS) is 10.5. The van der Waals surface area contributed by atoms with Crippen molar-refractivity contribution in [2.45, 2.75) is 0 Å². The molecule has 0 fully saturated rings. The average molecular weight is 286 g/mol. The first-order valence-electron chi connectivity index (χ1n) is 3.79. The lowest BCUT2D eigenvalue weighted by atomic mass is 10.1. The van der Waals surface area contributed by atoms with Gasteiger partial charge in [0.1, 0.15) is 0 Å². The lowest BCUT2D eigenvalue weighted by Crippen LogP contribution is -1.79. The number of phenolic OH excluding ortho intramolecular Hbond substituents is 2. The minimum Gasteiger partial charge on any atom is -0.504 e. The second-order valence-electron chi connectivity index (χ2n) is 2.78. The fraction of sp³-hybridized carbons (Fsp3) is 0. The van der Waals surface area contributed by atoms with Crippen LogP contribution < -0.4 is 0 Å². The van der Waals surface area contributed by atoms with Gasteiger partial charge in [-0.2, -0.15) is 0 Å². The Labute approximate surface area is 89.0 Å². The molecule has 0 atom stereocenters. The summed E-state index contributed by atoms with van der Waals surface area (Å²) in [4.78, 5) is 0. The standard InChI is InChI=1S/C10H7IO2/c11-9-7-4-2-1-3-6(7)5-8(12)10(9)13/h1-5,12-13H. The molecule has 0 heterocycles. The molecule has 0 radical (unpaired) electrons. The molecule has 0 aromatic heterocycles. The van der Waals surface area contributed by atoms with Crippen LogP contribution in [0, 0.1) is 3.57 Å². The first kappa shape index (κ1) is 8.62. The topological polar surface area (TPSA) is 40.5 Å². The summed E-state index contributed by atoms with van der Waals surface area (Å²) in [5.74, 6) is -0.109. The van der Waals surface area contributed by atoms with E-state index in [1.54, 1.807) is 6.07 Å². The molecule has 0 amide bonds. The molecule has 0 aliphatic heterocycles. The van der Waals surface area contributed by atoms with Crippen LogP contribution in [0.15, 0.2) is 30.3 Å². The van der Waals surface area contributed by atoms with Gasteiger partial charge in [-0.25, -0.2) is 0 Å². The predicted molar refractivity (Wildman–Crippen MR) is 60.0 cm³/mol. The zero-order valence-corrected chi connectivity index (χ0v) is 8.82. The van der Waals surface area contributed by atoms with E-state index in [4.69, 9.17) is 0 Å². The van der Waals surface area contributed by atoms with Crippen molar-refractivity contribution in [3.63, 3.8) is 0 Å². The zero-order valence-electron chi connectivity index (χ0n) is 6.66. The number of halogens is 1. The molecule has 2 rings (SSSR count). The van der Waals surface area contributed by atoms with E-state index in [9.17, 15) is 10.2 Å². The molecule has 0 saturated heterocycles. The summed E-state index contributed by atoms with van der Waals surface area (Å²) in [7, 11) is 0. The van der Waals surface area contributed by atoms with Gasteiger partial charge < -0.3 is 10.2 Å². The van der Waals surface area contributed by atoms with Gasteiger partial charge >= 0.3 is 0 Å². The number of aromatic hydroxyl groups is 2. The maximum Gasteiger partial charge on any atom is 0.171 e. The van der Waals surface area contributed by atoms with Crippen LogP contribution in [0.4, 0.5) is 0 Å². The Bertz CT molecular complexity index is 466. The highest BCUT2D eigenvalue weighted by atomic mass is 127. The second-order valence-corrected chi connectivity index (χ2v) is 3.86. The highest BCUT2D eigenvalue weighted by Crippen LogP contribution is 2.36. The van der Waals surface area contributed by atoms with Gasteiger partial charge in [0.25, 0.3) is 0 Å². The summed E-state index contributed by atoms with van der Waals surface area (Å²) in [5.41, 5.74) is 0. The van der Waals surface area contributed by atoms with Crippen LogP contribution >= 0.6 is 22.6 Å². The largest absolute Gasteiger partial charge is 0.504 e. The molecule has 13 heavy (non-hydrogen) atoms. The Balaban J connectivity index is 2.94. The van der Waals surface area contributed by atoms with E-state index in [-0.39, 0.29) is 11.5 Å². The summed E-state index contributed by atoms with van der Waals surface area (Å²) in [5, 5.41) is 20.7. The van der Waals surface area contributed by atoms with E-state index in [2.05, 4.69) is 0 Å². The number of phenols is 2. The molecule has 2 N–H and O–H groups in total. The van der Waals surface area contributed by atoms with Gasteiger partial charge in [-0.1, -0.05) is 24.3 Å². The Kier molecular flexibility index (Phi) is 2.03. The van der Waals surface area contributed by atoms with Crippen LogP contribution in [-0.4, -0.2) is 10.2 Å². The summed E-state index contributed by atoms with van der Waals surface area (Å²) in [6.45, 7) is 0. The maximum atomic E-state index is 9.45. The molecule has 0 spiro atoms. The minimum absolute atomic E-state index is 0.0423. The highest BCUT2D eigenvalue weighted by Gasteiger charge is 2.08. The molecule has 0 aliphatic rings. The number of fused-ring (bicyclic) bond motifs is 1. The smallest absolute Gasteiger partial charge is 0.171 e. The predicted octanol–water partition coefficient (Wildman–Crippen LogP) is 2.86. The van der Waals surface area contributed by atoms with Crippen molar-refractivity contribution < 1.29 is 10.2 Å². The van der Waals surface area contributed by atoms with Gasteiger partial charge in [0.05, 0.1) is 3.57 Å². The molecule has 0 saturated carbocycles. The molecule has 2 nitrogen and oxygen atoms in total.